The lowest BCUT2D eigenvalue weighted by molar-refractivity contribution is -0.204. The highest BCUT2D eigenvalue weighted by Gasteiger charge is 2.68. The van der Waals surface area contributed by atoms with Gasteiger partial charge in [0.2, 0.25) is 0 Å². The molecule has 2 rings (SSSR count). The number of likely N-dealkylation sites (tertiary alicyclic amines) is 2. The number of carboxylic acids is 2. The molecule has 374 valence electrons. The predicted molar refractivity (Wildman–Crippen MR) is 261 cm³/mol. The van der Waals surface area contributed by atoms with E-state index in [0.29, 0.717) is 38.5 Å². The van der Waals surface area contributed by atoms with Gasteiger partial charge < -0.3 is 19.7 Å². The summed E-state index contributed by atoms with van der Waals surface area (Å²) < 4.78 is 12.1. The number of carboxylic acid groups (broad SMARTS) is 2. The fraction of sp³-hybridized carbons (Fsp3) is 0.926. The van der Waals surface area contributed by atoms with E-state index in [-0.39, 0.29) is 13.2 Å². The topological polar surface area (TPSA) is 134 Å². The molecule has 0 aromatic heterocycles. The molecule has 10 nitrogen and oxygen atoms in total. The quantitative estimate of drug-likeness (QED) is 0.0484. The second-order valence-corrected chi connectivity index (χ2v) is 22.9. The van der Waals surface area contributed by atoms with Crippen molar-refractivity contribution in [3.8, 4) is 0 Å². The number of hydrogen-bond acceptors (Lipinski definition) is 8. The molecule has 0 aromatic carbocycles. The van der Waals surface area contributed by atoms with Crippen LogP contribution < -0.4 is 0 Å². The molecule has 2 unspecified atom stereocenters. The third-order valence-electron chi connectivity index (χ3n) is 16.2. The summed E-state index contributed by atoms with van der Waals surface area (Å²) in [7, 11) is 4.15. The first-order valence-electron chi connectivity index (χ1n) is 26.3. The number of aliphatic carboxylic acids is 2. The van der Waals surface area contributed by atoms with Crippen LogP contribution in [0.15, 0.2) is 0 Å². The number of piperidine rings is 2. The van der Waals surface area contributed by atoms with Gasteiger partial charge in [0.05, 0.1) is 36.9 Å². The van der Waals surface area contributed by atoms with Crippen molar-refractivity contribution in [3.63, 3.8) is 0 Å². The Morgan fingerprint density at radius 2 is 0.797 bits per heavy atom. The van der Waals surface area contributed by atoms with E-state index in [1.165, 1.54) is 89.9 Å². The van der Waals surface area contributed by atoms with Crippen LogP contribution in [0.3, 0.4) is 0 Å². The number of unbranched alkanes of at least 4 members (excludes halogenated alkanes) is 20. The second-order valence-electron chi connectivity index (χ2n) is 22.9. The van der Waals surface area contributed by atoms with Crippen molar-refractivity contribution in [2.75, 3.05) is 27.3 Å². The van der Waals surface area contributed by atoms with Crippen LogP contribution in [-0.4, -0.2) is 93.4 Å². The number of carbonyl (C=O) groups excluding carboxylic acids is 2. The van der Waals surface area contributed by atoms with Crippen LogP contribution in [0.4, 0.5) is 0 Å². The lowest BCUT2D eigenvalue weighted by Crippen LogP contribution is -2.69. The van der Waals surface area contributed by atoms with Gasteiger partial charge in [0, 0.05) is 22.2 Å². The van der Waals surface area contributed by atoms with Crippen molar-refractivity contribution >= 4 is 23.9 Å². The molecule has 0 bridgehead atoms. The van der Waals surface area contributed by atoms with Crippen LogP contribution in [0.1, 0.15) is 243 Å². The van der Waals surface area contributed by atoms with Crippen molar-refractivity contribution in [2.24, 2.45) is 29.1 Å². The van der Waals surface area contributed by atoms with Crippen molar-refractivity contribution < 1.29 is 38.9 Å². The highest BCUT2D eigenvalue weighted by atomic mass is 16.5. The first kappa shape index (κ1) is 57.9. The molecule has 2 N–H and O–H groups in total. The van der Waals surface area contributed by atoms with Gasteiger partial charge in [-0.3, -0.25) is 29.0 Å². The van der Waals surface area contributed by atoms with Gasteiger partial charge in [0.1, 0.15) is 0 Å². The maximum absolute atomic E-state index is 15.7. The van der Waals surface area contributed by atoms with Crippen molar-refractivity contribution in [3.05, 3.63) is 0 Å². The van der Waals surface area contributed by atoms with E-state index < -0.39 is 81.5 Å². The fourth-order valence-electron chi connectivity index (χ4n) is 12.0. The molecule has 64 heavy (non-hydrogen) atoms. The van der Waals surface area contributed by atoms with Crippen LogP contribution in [0.2, 0.25) is 0 Å². The average Bonchev–Trinajstić information content (AvgIpc) is 3.20. The lowest BCUT2D eigenvalue weighted by atomic mass is 9.47. The summed E-state index contributed by atoms with van der Waals surface area (Å²) >= 11 is 0. The zero-order chi connectivity index (χ0) is 48.2. The van der Waals surface area contributed by atoms with E-state index in [1.807, 2.05) is 0 Å². The molecule has 0 amide bonds. The van der Waals surface area contributed by atoms with Gasteiger partial charge in [-0.15, -0.1) is 0 Å². The number of ether oxygens (including phenoxy) is 2. The first-order valence-corrected chi connectivity index (χ1v) is 26.3. The third-order valence-corrected chi connectivity index (χ3v) is 16.2. The minimum atomic E-state index is -1.76. The largest absolute Gasteiger partial charge is 0.481 e. The Kier molecular flexibility index (Phi) is 25.0. The van der Waals surface area contributed by atoms with Gasteiger partial charge in [-0.25, -0.2) is 0 Å². The van der Waals surface area contributed by atoms with Crippen LogP contribution in [0.5, 0.6) is 0 Å². The van der Waals surface area contributed by atoms with Gasteiger partial charge in [-0.05, 0) is 120 Å². The summed E-state index contributed by atoms with van der Waals surface area (Å²) in [5.41, 5.74) is -3.59. The Bertz CT molecular complexity index is 1310. The van der Waals surface area contributed by atoms with E-state index in [9.17, 15) is 24.6 Å². The minimum absolute atomic E-state index is 0.140. The zero-order valence-electron chi connectivity index (χ0n) is 43.6. The van der Waals surface area contributed by atoms with E-state index in [1.54, 1.807) is 0 Å². The van der Waals surface area contributed by atoms with Gasteiger partial charge >= 0.3 is 23.9 Å². The molecule has 2 fully saturated rings. The lowest BCUT2D eigenvalue weighted by Gasteiger charge is -2.63. The third kappa shape index (κ3) is 17.1. The average molecular weight is 905 g/mol. The molecule has 2 aliphatic heterocycles. The molecule has 0 aliphatic carbocycles. The Morgan fingerprint density at radius 3 is 1.09 bits per heavy atom. The molecule has 0 saturated carbocycles. The summed E-state index contributed by atoms with van der Waals surface area (Å²) in [4.78, 5) is 61.9. The van der Waals surface area contributed by atoms with E-state index >= 15 is 4.79 Å². The Hall–Kier alpha value is -2.20. The summed E-state index contributed by atoms with van der Waals surface area (Å²) in [6.07, 6.45) is 26.4. The highest BCUT2D eigenvalue weighted by molar-refractivity contribution is 5.91. The molecule has 0 radical (unpaired) electrons. The van der Waals surface area contributed by atoms with Crippen molar-refractivity contribution in [1.29, 1.82) is 0 Å². The monoisotopic (exact) mass is 905 g/mol. The van der Waals surface area contributed by atoms with Gasteiger partial charge in [0.15, 0.2) is 0 Å². The maximum atomic E-state index is 15.7. The molecule has 10 heteroatoms. The zero-order valence-corrected chi connectivity index (χ0v) is 43.6. The fourth-order valence-corrected chi connectivity index (χ4v) is 12.0. The number of nitrogens with zero attached hydrogens (tertiary/aromatic N) is 2. The normalized spacial score (nSPS) is 20.1. The summed E-state index contributed by atoms with van der Waals surface area (Å²) in [6, 6.07) is 0. The molecular weight excluding hydrogens is 805 g/mol. The van der Waals surface area contributed by atoms with Crippen LogP contribution >= 0.6 is 0 Å². The number of carbonyl (C=O) groups is 4. The molecule has 2 heterocycles. The maximum Gasteiger partial charge on any atom is 0.313 e. The van der Waals surface area contributed by atoms with Crippen LogP contribution in [0.25, 0.3) is 0 Å². The highest BCUT2D eigenvalue weighted by Crippen LogP contribution is 2.61. The van der Waals surface area contributed by atoms with E-state index in [0.717, 1.165) is 38.5 Å². The van der Waals surface area contributed by atoms with Crippen molar-refractivity contribution in [1.82, 2.24) is 9.80 Å². The number of hydrogen-bond donors (Lipinski definition) is 2. The SMILES string of the molecule is CCCCCCCCCCCCCOC(=O)CC(C(=O)O)C(C(=O)O)C(C(=O)OCCCCCCCCCCCCC)(C1CC(C)(C)N(C)C(C)(C)C1)C1CC(C)(C)N(C)C(C)(C)C1. The predicted octanol–water partition coefficient (Wildman–Crippen LogP) is 13.3. The first-order chi connectivity index (χ1) is 30.0. The Labute approximate surface area is 392 Å². The standard InChI is InChI=1S/C54H100N2O8/c1-13-15-17-19-21-23-25-27-29-31-33-35-63-45(57)37-44(47(58)59)46(48(60)61)54(42-38-50(3,4)55(11)51(5,6)39-42,43-40-52(7,8)56(12)53(9,10)41-43)49(62)64-36-34-32-30-28-26-24-22-20-18-16-14-2/h42-44,46H,13-41H2,1-12H3,(H,58,59)(H,60,61). The molecule has 2 aliphatic rings. The smallest absolute Gasteiger partial charge is 0.313 e. The van der Waals surface area contributed by atoms with Gasteiger partial charge in [-0.2, -0.15) is 0 Å². The molecule has 2 atom stereocenters. The Balaban J connectivity index is 2.49. The van der Waals surface area contributed by atoms with Crippen molar-refractivity contribution in [2.45, 2.75) is 265 Å². The summed E-state index contributed by atoms with van der Waals surface area (Å²) in [6.45, 7) is 21.8. The molecule has 2 saturated heterocycles. The molecule has 0 aromatic rings. The van der Waals surface area contributed by atoms with Crippen LogP contribution in [0, 0.1) is 29.1 Å². The minimum Gasteiger partial charge on any atom is -0.481 e. The summed E-state index contributed by atoms with van der Waals surface area (Å²) in [5, 5.41) is 22.7. The molecule has 0 spiro atoms. The number of esters is 2. The Morgan fingerprint density at radius 1 is 0.500 bits per heavy atom. The summed E-state index contributed by atoms with van der Waals surface area (Å²) in [5.74, 6) is -8.65. The molecular formula is C54H100N2O8. The van der Waals surface area contributed by atoms with Gasteiger partial charge in [0.25, 0.3) is 0 Å². The van der Waals surface area contributed by atoms with Crippen LogP contribution in [-0.2, 0) is 28.7 Å². The van der Waals surface area contributed by atoms with E-state index in [4.69, 9.17) is 9.47 Å². The van der Waals surface area contributed by atoms with E-state index in [2.05, 4.69) is 93.1 Å². The second kappa shape index (κ2) is 27.6. The number of rotatable bonds is 33. The van der Waals surface area contributed by atoms with Gasteiger partial charge in [-0.1, -0.05) is 142 Å².